The molecule has 0 bridgehead atoms. The monoisotopic (exact) mass is 415 g/mol. The van der Waals surface area contributed by atoms with Crippen LogP contribution in [0.15, 0.2) is 35.3 Å². The number of guanidine groups is 1. The highest BCUT2D eigenvalue weighted by Gasteiger charge is 2.21. The number of carbonyl (C=O) groups is 1. The van der Waals surface area contributed by atoms with Crippen LogP contribution in [0.1, 0.15) is 29.5 Å². The fraction of sp³-hybridized carbons (Fsp3) is 0.500. The summed E-state index contributed by atoms with van der Waals surface area (Å²) < 4.78 is 4.38. The molecule has 1 saturated heterocycles. The average Bonchev–Trinajstić information content (AvgIpc) is 3.26. The lowest BCUT2D eigenvalue weighted by Gasteiger charge is -2.36. The smallest absolute Gasteiger partial charge is 0.251 e. The lowest BCUT2D eigenvalue weighted by atomic mass is 10.2. The standard InChI is InChI=1S/C20H29N7OS/c1-3-17-24-20(29-25-17)27-14-12-26(13-15-27)19(21-2)23-11-7-10-22-18(28)16-8-5-4-6-9-16/h4-6,8-9H,3,7,10-15H2,1-2H3,(H,21,23)(H,22,28). The number of aliphatic imine (C=N–C) groups is 1. The van der Waals surface area contributed by atoms with E-state index in [9.17, 15) is 4.79 Å². The van der Waals surface area contributed by atoms with E-state index in [1.54, 1.807) is 0 Å². The van der Waals surface area contributed by atoms with Gasteiger partial charge in [0.25, 0.3) is 5.91 Å². The van der Waals surface area contributed by atoms with Gasteiger partial charge in [0.05, 0.1) is 0 Å². The molecule has 156 valence electrons. The minimum Gasteiger partial charge on any atom is -0.356 e. The highest BCUT2D eigenvalue weighted by atomic mass is 32.1. The summed E-state index contributed by atoms with van der Waals surface area (Å²) in [7, 11) is 1.81. The van der Waals surface area contributed by atoms with Crippen molar-refractivity contribution in [2.24, 2.45) is 4.99 Å². The van der Waals surface area contributed by atoms with Gasteiger partial charge in [0, 0.05) is 69.8 Å². The number of aryl methyl sites for hydroxylation is 1. The first kappa shape index (κ1) is 21.0. The Hall–Kier alpha value is -2.68. The zero-order chi connectivity index (χ0) is 20.5. The maximum atomic E-state index is 12.0. The van der Waals surface area contributed by atoms with E-state index in [-0.39, 0.29) is 5.91 Å². The van der Waals surface area contributed by atoms with E-state index in [2.05, 4.69) is 41.7 Å². The van der Waals surface area contributed by atoms with Crippen molar-refractivity contribution in [2.75, 3.05) is 51.2 Å². The van der Waals surface area contributed by atoms with E-state index in [1.165, 1.54) is 11.5 Å². The van der Waals surface area contributed by atoms with E-state index in [0.717, 1.165) is 62.5 Å². The third-order valence-corrected chi connectivity index (χ3v) is 5.61. The predicted molar refractivity (Wildman–Crippen MR) is 118 cm³/mol. The van der Waals surface area contributed by atoms with Gasteiger partial charge < -0.3 is 20.4 Å². The van der Waals surface area contributed by atoms with E-state index < -0.39 is 0 Å². The van der Waals surface area contributed by atoms with Crippen molar-refractivity contribution in [3.63, 3.8) is 0 Å². The van der Waals surface area contributed by atoms with Crippen molar-refractivity contribution in [2.45, 2.75) is 19.8 Å². The number of anilines is 1. The van der Waals surface area contributed by atoms with Crippen LogP contribution in [0, 0.1) is 0 Å². The minimum absolute atomic E-state index is 0.0333. The summed E-state index contributed by atoms with van der Waals surface area (Å²) in [5.41, 5.74) is 0.690. The highest BCUT2D eigenvalue weighted by molar-refractivity contribution is 7.09. The number of amides is 1. The molecule has 1 aromatic carbocycles. The van der Waals surface area contributed by atoms with Crippen LogP contribution in [0.5, 0.6) is 0 Å². The molecular formula is C20H29N7OS. The van der Waals surface area contributed by atoms with Crippen LogP contribution in [0.2, 0.25) is 0 Å². The minimum atomic E-state index is -0.0333. The van der Waals surface area contributed by atoms with Gasteiger partial charge >= 0.3 is 0 Å². The molecule has 0 spiro atoms. The van der Waals surface area contributed by atoms with Crippen molar-refractivity contribution in [3.05, 3.63) is 41.7 Å². The molecule has 29 heavy (non-hydrogen) atoms. The molecule has 0 unspecified atom stereocenters. The Balaban J connectivity index is 1.36. The molecule has 8 nitrogen and oxygen atoms in total. The highest BCUT2D eigenvalue weighted by Crippen LogP contribution is 2.19. The van der Waals surface area contributed by atoms with Gasteiger partial charge in [-0.05, 0) is 18.6 Å². The van der Waals surface area contributed by atoms with E-state index in [0.29, 0.717) is 12.1 Å². The molecule has 1 amide bonds. The van der Waals surface area contributed by atoms with Crippen molar-refractivity contribution >= 4 is 28.5 Å². The second kappa shape index (κ2) is 10.8. The number of piperazine rings is 1. The van der Waals surface area contributed by atoms with Gasteiger partial charge in [-0.15, -0.1) is 0 Å². The Morgan fingerprint density at radius 3 is 2.52 bits per heavy atom. The number of nitrogens with zero attached hydrogens (tertiary/aromatic N) is 5. The molecule has 0 aliphatic carbocycles. The van der Waals surface area contributed by atoms with Gasteiger partial charge in [-0.2, -0.15) is 4.37 Å². The fourth-order valence-electron chi connectivity index (χ4n) is 3.14. The maximum absolute atomic E-state index is 12.0. The second-order valence-electron chi connectivity index (χ2n) is 6.77. The molecule has 2 N–H and O–H groups in total. The van der Waals surface area contributed by atoms with Crippen molar-refractivity contribution in [3.8, 4) is 0 Å². The van der Waals surface area contributed by atoms with Gasteiger partial charge in [-0.25, -0.2) is 4.98 Å². The summed E-state index contributed by atoms with van der Waals surface area (Å²) in [6.45, 7) is 7.07. The first-order valence-electron chi connectivity index (χ1n) is 10.1. The lowest BCUT2D eigenvalue weighted by Crippen LogP contribution is -2.52. The molecule has 1 aromatic heterocycles. The molecule has 0 saturated carbocycles. The quantitative estimate of drug-likeness (QED) is 0.406. The summed E-state index contributed by atoms with van der Waals surface area (Å²) in [4.78, 5) is 25.6. The number of rotatable bonds is 7. The molecule has 1 aliphatic heterocycles. The Kier molecular flexibility index (Phi) is 7.80. The van der Waals surface area contributed by atoms with Crippen LogP contribution in [0.4, 0.5) is 5.13 Å². The topological polar surface area (TPSA) is 85.8 Å². The van der Waals surface area contributed by atoms with Gasteiger partial charge in [-0.3, -0.25) is 9.79 Å². The number of hydrogen-bond acceptors (Lipinski definition) is 6. The van der Waals surface area contributed by atoms with Crippen LogP contribution >= 0.6 is 11.5 Å². The Labute approximate surface area is 176 Å². The normalized spacial score (nSPS) is 14.8. The van der Waals surface area contributed by atoms with Crippen LogP contribution in [-0.4, -0.2) is 72.4 Å². The molecule has 2 heterocycles. The van der Waals surface area contributed by atoms with Crippen LogP contribution < -0.4 is 15.5 Å². The third-order valence-electron chi connectivity index (χ3n) is 4.79. The molecule has 2 aromatic rings. The number of hydrogen-bond donors (Lipinski definition) is 2. The fourth-order valence-corrected chi connectivity index (χ4v) is 3.94. The van der Waals surface area contributed by atoms with Crippen molar-refractivity contribution in [1.29, 1.82) is 0 Å². The molecule has 1 aliphatic rings. The molecule has 0 atom stereocenters. The first-order chi connectivity index (χ1) is 14.2. The zero-order valence-corrected chi connectivity index (χ0v) is 17.9. The molecule has 3 rings (SSSR count). The number of benzene rings is 1. The summed E-state index contributed by atoms with van der Waals surface area (Å²) in [5.74, 6) is 1.80. The van der Waals surface area contributed by atoms with E-state index >= 15 is 0 Å². The van der Waals surface area contributed by atoms with Crippen LogP contribution in [0.3, 0.4) is 0 Å². The Morgan fingerprint density at radius 2 is 1.86 bits per heavy atom. The Morgan fingerprint density at radius 1 is 1.14 bits per heavy atom. The molecule has 1 fully saturated rings. The largest absolute Gasteiger partial charge is 0.356 e. The molecule has 0 radical (unpaired) electrons. The summed E-state index contributed by atoms with van der Waals surface area (Å²) in [5, 5.41) is 7.36. The summed E-state index contributed by atoms with van der Waals surface area (Å²) in [6, 6.07) is 9.28. The maximum Gasteiger partial charge on any atom is 0.251 e. The third kappa shape index (κ3) is 5.90. The SMILES string of the molecule is CCc1nsc(N2CCN(C(=NC)NCCCNC(=O)c3ccccc3)CC2)n1. The van der Waals surface area contributed by atoms with E-state index in [1.807, 2.05) is 37.4 Å². The zero-order valence-electron chi connectivity index (χ0n) is 17.1. The first-order valence-corrected chi connectivity index (χ1v) is 10.8. The Bertz CT molecular complexity index is 800. The lowest BCUT2D eigenvalue weighted by molar-refractivity contribution is 0.0953. The van der Waals surface area contributed by atoms with Crippen LogP contribution in [-0.2, 0) is 6.42 Å². The average molecular weight is 416 g/mol. The van der Waals surface area contributed by atoms with Crippen molar-refractivity contribution in [1.82, 2.24) is 24.9 Å². The molecular weight excluding hydrogens is 386 g/mol. The number of nitrogens with one attached hydrogen (secondary N) is 2. The summed E-state index contributed by atoms with van der Waals surface area (Å²) in [6.07, 6.45) is 1.71. The van der Waals surface area contributed by atoms with Gasteiger partial charge in [0.15, 0.2) is 5.96 Å². The summed E-state index contributed by atoms with van der Waals surface area (Å²) >= 11 is 1.48. The van der Waals surface area contributed by atoms with Gasteiger partial charge in [0.1, 0.15) is 5.82 Å². The number of carbonyl (C=O) groups excluding carboxylic acids is 1. The van der Waals surface area contributed by atoms with Crippen molar-refractivity contribution < 1.29 is 4.79 Å². The van der Waals surface area contributed by atoms with Gasteiger partial charge in [-0.1, -0.05) is 25.1 Å². The van der Waals surface area contributed by atoms with Crippen LogP contribution in [0.25, 0.3) is 0 Å². The number of aromatic nitrogens is 2. The predicted octanol–water partition coefficient (Wildman–Crippen LogP) is 1.62. The van der Waals surface area contributed by atoms with Gasteiger partial charge in [0.2, 0.25) is 5.13 Å². The second-order valence-corrected chi connectivity index (χ2v) is 7.50. The van der Waals surface area contributed by atoms with E-state index in [4.69, 9.17) is 0 Å². The molecule has 9 heteroatoms.